The lowest BCUT2D eigenvalue weighted by Crippen LogP contribution is -2.38. The molecule has 6 nitrogen and oxygen atoms in total. The zero-order valence-electron chi connectivity index (χ0n) is 15.3. The number of likely N-dealkylation sites (tertiary alicyclic amines) is 1. The summed E-state index contributed by atoms with van der Waals surface area (Å²) < 4.78 is 10.3. The van der Waals surface area contributed by atoms with Gasteiger partial charge in [0, 0.05) is 29.3 Å². The number of hydrogen-bond acceptors (Lipinski definition) is 5. The molecule has 0 aromatic heterocycles. The predicted octanol–water partition coefficient (Wildman–Crippen LogP) is 3.06. The van der Waals surface area contributed by atoms with Crippen LogP contribution >= 0.6 is 0 Å². The van der Waals surface area contributed by atoms with Crippen LogP contribution in [0.5, 0.6) is 0 Å². The first-order chi connectivity index (χ1) is 12.2. The smallest absolute Gasteiger partial charge is 0.414 e. The largest absolute Gasteiger partial charge is 0.465 e. The Hall–Kier alpha value is -2.63. The van der Waals surface area contributed by atoms with Gasteiger partial charge in [-0.3, -0.25) is 9.69 Å². The number of nitrogens with zero attached hydrogens (tertiary/aromatic N) is 1. The summed E-state index contributed by atoms with van der Waals surface area (Å²) in [5.41, 5.74) is 1.21. The zero-order chi connectivity index (χ0) is 18.9. The molecule has 0 radical (unpaired) electrons. The van der Waals surface area contributed by atoms with Gasteiger partial charge in [0.2, 0.25) is 0 Å². The van der Waals surface area contributed by atoms with Crippen LogP contribution in [-0.2, 0) is 14.9 Å². The Morgan fingerprint density at radius 2 is 2.00 bits per heavy atom. The number of amides is 1. The van der Waals surface area contributed by atoms with Crippen molar-refractivity contribution in [1.82, 2.24) is 4.90 Å². The number of ketones is 1. The maximum Gasteiger partial charge on any atom is 0.414 e. The van der Waals surface area contributed by atoms with Gasteiger partial charge in [-0.25, -0.2) is 9.59 Å². The van der Waals surface area contributed by atoms with Crippen LogP contribution in [0.2, 0.25) is 0 Å². The second kappa shape index (κ2) is 5.19. The van der Waals surface area contributed by atoms with Crippen molar-refractivity contribution >= 4 is 17.8 Å². The number of carbonyl (C=O) groups excluding carboxylic acids is 3. The van der Waals surface area contributed by atoms with E-state index < -0.39 is 17.7 Å². The average molecular weight is 355 g/mol. The second-order valence-corrected chi connectivity index (χ2v) is 8.08. The number of carbonyl (C=O) groups is 3. The minimum Gasteiger partial charge on any atom is -0.465 e. The lowest BCUT2D eigenvalue weighted by Gasteiger charge is -2.31. The fourth-order valence-electron chi connectivity index (χ4n) is 4.25. The molecule has 136 valence electrons. The number of piperidine rings is 1. The van der Waals surface area contributed by atoms with Gasteiger partial charge in [-0.15, -0.1) is 0 Å². The number of fused-ring (bicyclic) bond motifs is 1. The molecule has 1 aliphatic heterocycles. The maximum atomic E-state index is 12.8. The van der Waals surface area contributed by atoms with E-state index >= 15 is 0 Å². The molecule has 1 heterocycles. The fraction of sp³-hybridized carbons (Fsp3) is 0.450. The quantitative estimate of drug-likeness (QED) is 0.724. The number of hydrogen-bond donors (Lipinski definition) is 0. The van der Waals surface area contributed by atoms with Gasteiger partial charge in [0.05, 0.1) is 12.7 Å². The molecule has 1 spiro atoms. The molecular weight excluding hydrogens is 334 g/mol. The van der Waals surface area contributed by atoms with E-state index in [1.54, 1.807) is 17.0 Å². The molecule has 1 aromatic rings. The first-order valence-electron chi connectivity index (χ1n) is 8.68. The molecule has 1 saturated heterocycles. The first-order valence-corrected chi connectivity index (χ1v) is 8.68. The van der Waals surface area contributed by atoms with Crippen molar-refractivity contribution in [2.75, 3.05) is 13.7 Å². The molecule has 2 atom stereocenters. The van der Waals surface area contributed by atoms with Crippen molar-refractivity contribution < 1.29 is 23.9 Å². The minimum atomic E-state index is -0.605. The molecular formula is C20H21NO5. The van der Waals surface area contributed by atoms with Gasteiger partial charge >= 0.3 is 12.1 Å². The number of esters is 1. The van der Waals surface area contributed by atoms with Crippen molar-refractivity contribution in [2.24, 2.45) is 5.92 Å². The van der Waals surface area contributed by atoms with Crippen molar-refractivity contribution in [2.45, 2.75) is 38.2 Å². The Balaban J connectivity index is 1.78. The third-order valence-corrected chi connectivity index (χ3v) is 5.33. The van der Waals surface area contributed by atoms with Crippen molar-refractivity contribution in [1.29, 1.82) is 0 Å². The summed E-state index contributed by atoms with van der Waals surface area (Å²) >= 11 is 0. The summed E-state index contributed by atoms with van der Waals surface area (Å²) in [4.78, 5) is 39.1. The van der Waals surface area contributed by atoms with E-state index in [9.17, 15) is 14.4 Å². The minimum absolute atomic E-state index is 0.237. The molecule has 0 N–H and O–H groups in total. The van der Waals surface area contributed by atoms with E-state index in [1.165, 1.54) is 13.2 Å². The molecule has 0 bridgehead atoms. The Labute approximate surface area is 151 Å². The summed E-state index contributed by atoms with van der Waals surface area (Å²) in [5, 5.41) is 0. The molecule has 2 fully saturated rings. The van der Waals surface area contributed by atoms with Crippen molar-refractivity contribution in [3.8, 4) is 0 Å². The van der Waals surface area contributed by atoms with Gasteiger partial charge in [-0.05, 0) is 44.7 Å². The topological polar surface area (TPSA) is 72.9 Å². The highest BCUT2D eigenvalue weighted by Crippen LogP contribution is 2.66. The molecule has 1 amide bonds. The SMILES string of the molecule is COC(=O)c1cccc2c1C(=O)C=C1N(C(=O)OC(C)(C)C)C[C@H]3C[C@]123. The monoisotopic (exact) mass is 355 g/mol. The summed E-state index contributed by atoms with van der Waals surface area (Å²) in [6.07, 6.45) is 1.92. The van der Waals surface area contributed by atoms with Gasteiger partial charge in [-0.1, -0.05) is 12.1 Å². The van der Waals surface area contributed by atoms with Crippen LogP contribution in [0.4, 0.5) is 4.79 Å². The fourth-order valence-corrected chi connectivity index (χ4v) is 4.25. The van der Waals surface area contributed by atoms with Crippen LogP contribution in [0.3, 0.4) is 0 Å². The van der Waals surface area contributed by atoms with Gasteiger partial charge in [0.1, 0.15) is 5.60 Å². The standard InChI is InChI=1S/C20H21NO5/c1-19(2,3)26-18(24)21-10-11-9-20(11)13-7-5-6-12(17(23)25-4)16(13)14(22)8-15(20)21/h5-8,11H,9-10H2,1-4H3/t11-,20-/m1/s1. The Morgan fingerprint density at radius 3 is 2.65 bits per heavy atom. The van der Waals surface area contributed by atoms with Crippen LogP contribution in [0.15, 0.2) is 30.0 Å². The van der Waals surface area contributed by atoms with Gasteiger partial charge in [0.15, 0.2) is 5.78 Å². The number of allylic oxidation sites excluding steroid dienone is 2. The van der Waals surface area contributed by atoms with Gasteiger partial charge < -0.3 is 9.47 Å². The average Bonchev–Trinajstić information content (AvgIpc) is 3.20. The van der Waals surface area contributed by atoms with E-state index in [4.69, 9.17) is 9.47 Å². The summed E-state index contributed by atoms with van der Waals surface area (Å²) in [7, 11) is 1.30. The second-order valence-electron chi connectivity index (χ2n) is 8.08. The van der Waals surface area contributed by atoms with Gasteiger partial charge in [0.25, 0.3) is 0 Å². The lowest BCUT2D eigenvalue weighted by atomic mass is 9.79. The summed E-state index contributed by atoms with van der Waals surface area (Å²) in [6.45, 7) is 5.97. The highest BCUT2D eigenvalue weighted by molar-refractivity contribution is 6.15. The maximum absolute atomic E-state index is 12.8. The van der Waals surface area contributed by atoms with Crippen LogP contribution in [0, 0.1) is 5.92 Å². The lowest BCUT2D eigenvalue weighted by molar-refractivity contribution is 0.0321. The normalized spacial score (nSPS) is 25.7. The van der Waals surface area contributed by atoms with E-state index in [0.29, 0.717) is 17.8 Å². The molecule has 6 heteroatoms. The van der Waals surface area contributed by atoms with Crippen LogP contribution in [0.25, 0.3) is 0 Å². The Kier molecular flexibility index (Phi) is 3.36. The summed E-state index contributed by atoms with van der Waals surface area (Å²) in [6, 6.07) is 5.25. The number of benzene rings is 1. The first kappa shape index (κ1) is 16.8. The third kappa shape index (κ3) is 2.21. The molecule has 26 heavy (non-hydrogen) atoms. The number of ether oxygens (including phenoxy) is 2. The van der Waals surface area contributed by atoms with Crippen molar-refractivity contribution in [3.05, 3.63) is 46.7 Å². The van der Waals surface area contributed by atoms with Crippen molar-refractivity contribution in [3.63, 3.8) is 0 Å². The van der Waals surface area contributed by atoms with E-state index in [-0.39, 0.29) is 22.7 Å². The molecule has 0 unspecified atom stereocenters. The van der Waals surface area contributed by atoms with E-state index in [1.807, 2.05) is 26.8 Å². The molecule has 1 aromatic carbocycles. The van der Waals surface area contributed by atoms with Crippen LogP contribution in [-0.4, -0.2) is 42.0 Å². The Bertz CT molecular complexity index is 879. The van der Waals surface area contributed by atoms with Crippen LogP contribution in [0.1, 0.15) is 53.5 Å². The van der Waals surface area contributed by atoms with Gasteiger partial charge in [-0.2, -0.15) is 0 Å². The van der Waals surface area contributed by atoms with E-state index in [0.717, 1.165) is 12.0 Å². The highest BCUT2D eigenvalue weighted by Gasteiger charge is 2.68. The zero-order valence-corrected chi connectivity index (χ0v) is 15.3. The molecule has 2 aliphatic carbocycles. The Morgan fingerprint density at radius 1 is 1.27 bits per heavy atom. The number of methoxy groups -OCH3 is 1. The number of rotatable bonds is 1. The highest BCUT2D eigenvalue weighted by atomic mass is 16.6. The van der Waals surface area contributed by atoms with Crippen LogP contribution < -0.4 is 0 Å². The molecule has 1 saturated carbocycles. The molecule has 3 aliphatic rings. The predicted molar refractivity (Wildman–Crippen MR) is 92.9 cm³/mol. The van der Waals surface area contributed by atoms with E-state index in [2.05, 4.69) is 0 Å². The third-order valence-electron chi connectivity index (χ3n) is 5.33. The molecule has 4 rings (SSSR count). The summed E-state index contributed by atoms with van der Waals surface area (Å²) in [5.74, 6) is -0.564.